The van der Waals surface area contributed by atoms with Gasteiger partial charge in [0.05, 0.1) is 5.38 Å². The van der Waals surface area contributed by atoms with Crippen LogP contribution in [0, 0.1) is 6.92 Å². The van der Waals surface area contributed by atoms with E-state index in [2.05, 4.69) is 10.2 Å². The smallest absolute Gasteiger partial charge is 0.135 e. The van der Waals surface area contributed by atoms with Crippen molar-refractivity contribution in [2.24, 2.45) is 0 Å². The molecule has 9 heavy (non-hydrogen) atoms. The van der Waals surface area contributed by atoms with Gasteiger partial charge in [-0.2, -0.15) is 0 Å². The van der Waals surface area contributed by atoms with E-state index in [0.717, 1.165) is 10.0 Å². The van der Waals surface area contributed by atoms with Crippen molar-refractivity contribution in [2.45, 2.75) is 19.2 Å². The summed E-state index contributed by atoms with van der Waals surface area (Å²) in [6, 6.07) is 0. The van der Waals surface area contributed by atoms with Gasteiger partial charge in [0.15, 0.2) is 0 Å². The summed E-state index contributed by atoms with van der Waals surface area (Å²) in [6.45, 7) is 3.81. The molecule has 0 aromatic carbocycles. The second-order valence-corrected chi connectivity index (χ2v) is 3.64. The van der Waals surface area contributed by atoms with Gasteiger partial charge in [0.2, 0.25) is 0 Å². The van der Waals surface area contributed by atoms with Crippen molar-refractivity contribution in [3.05, 3.63) is 10.0 Å². The largest absolute Gasteiger partial charge is 0.144 e. The van der Waals surface area contributed by atoms with Crippen molar-refractivity contribution < 1.29 is 0 Å². The predicted molar refractivity (Wildman–Crippen MR) is 38.9 cm³/mol. The van der Waals surface area contributed by atoms with Crippen molar-refractivity contribution in [1.82, 2.24) is 10.2 Å². The monoisotopic (exact) mass is 162 g/mol. The molecule has 50 valence electrons. The Hall–Kier alpha value is -0.150. The van der Waals surface area contributed by atoms with Crippen LogP contribution < -0.4 is 0 Å². The van der Waals surface area contributed by atoms with E-state index in [9.17, 15) is 0 Å². The van der Waals surface area contributed by atoms with Gasteiger partial charge < -0.3 is 0 Å². The van der Waals surface area contributed by atoms with Crippen LogP contribution in [0.2, 0.25) is 0 Å². The molecule has 1 aromatic rings. The Labute approximate surface area is 62.9 Å². The molecular formula is C5H7ClN2S. The zero-order valence-electron chi connectivity index (χ0n) is 5.26. The Morgan fingerprint density at radius 2 is 2.22 bits per heavy atom. The highest BCUT2D eigenvalue weighted by Crippen LogP contribution is 2.21. The predicted octanol–water partition coefficient (Wildman–Crippen LogP) is 2.15. The lowest BCUT2D eigenvalue weighted by Gasteiger charge is -1.89. The third-order valence-electron chi connectivity index (χ3n) is 0.882. The first-order chi connectivity index (χ1) is 4.20. The third-order valence-corrected chi connectivity index (χ3v) is 2.24. The normalized spacial score (nSPS) is 13.7. The number of hydrogen-bond donors (Lipinski definition) is 0. The number of nitrogens with zero attached hydrogens (tertiary/aromatic N) is 2. The third kappa shape index (κ3) is 1.63. The van der Waals surface area contributed by atoms with E-state index in [1.165, 1.54) is 0 Å². The number of aryl methyl sites for hydroxylation is 1. The molecule has 0 saturated heterocycles. The van der Waals surface area contributed by atoms with E-state index in [1.807, 2.05) is 13.8 Å². The first-order valence-corrected chi connectivity index (χ1v) is 3.89. The minimum absolute atomic E-state index is 0.00352. The molecule has 1 atom stereocenters. The van der Waals surface area contributed by atoms with Crippen LogP contribution in [0.25, 0.3) is 0 Å². The summed E-state index contributed by atoms with van der Waals surface area (Å²) in [5, 5.41) is 9.54. The number of halogens is 1. The molecule has 0 N–H and O–H groups in total. The highest BCUT2D eigenvalue weighted by Gasteiger charge is 2.05. The molecule has 1 aromatic heterocycles. The first-order valence-electron chi connectivity index (χ1n) is 2.64. The molecule has 0 fully saturated rings. The molecule has 1 heterocycles. The van der Waals surface area contributed by atoms with Gasteiger partial charge in [0.25, 0.3) is 0 Å². The van der Waals surface area contributed by atoms with Crippen molar-refractivity contribution in [3.63, 3.8) is 0 Å². The Morgan fingerprint density at radius 3 is 2.44 bits per heavy atom. The molecule has 0 radical (unpaired) electrons. The van der Waals surface area contributed by atoms with Gasteiger partial charge in [-0.25, -0.2) is 0 Å². The molecule has 0 unspecified atom stereocenters. The fourth-order valence-electron chi connectivity index (χ4n) is 0.473. The van der Waals surface area contributed by atoms with Crippen LogP contribution in [0.4, 0.5) is 0 Å². The summed E-state index contributed by atoms with van der Waals surface area (Å²) < 4.78 is 0. The number of alkyl halides is 1. The molecule has 4 heteroatoms. The molecular weight excluding hydrogens is 156 g/mol. The molecule has 2 nitrogen and oxygen atoms in total. The average molecular weight is 163 g/mol. The van der Waals surface area contributed by atoms with E-state index in [-0.39, 0.29) is 5.38 Å². The standard InChI is InChI=1S/C5H7ClN2S/c1-3(6)5-8-7-4(2)9-5/h3H,1-2H3/t3-/m1/s1. The topological polar surface area (TPSA) is 25.8 Å². The van der Waals surface area contributed by atoms with E-state index in [0.29, 0.717) is 0 Å². The van der Waals surface area contributed by atoms with Crippen LogP contribution in [0.15, 0.2) is 0 Å². The van der Waals surface area contributed by atoms with E-state index in [1.54, 1.807) is 11.3 Å². The van der Waals surface area contributed by atoms with Gasteiger partial charge >= 0.3 is 0 Å². The number of rotatable bonds is 1. The van der Waals surface area contributed by atoms with Crippen molar-refractivity contribution in [2.75, 3.05) is 0 Å². The summed E-state index contributed by atoms with van der Waals surface area (Å²) >= 11 is 7.27. The highest BCUT2D eigenvalue weighted by molar-refractivity contribution is 7.11. The molecule has 0 spiro atoms. The zero-order valence-corrected chi connectivity index (χ0v) is 6.83. The van der Waals surface area contributed by atoms with Crippen molar-refractivity contribution >= 4 is 22.9 Å². The van der Waals surface area contributed by atoms with E-state index in [4.69, 9.17) is 11.6 Å². The summed E-state index contributed by atoms with van der Waals surface area (Å²) in [4.78, 5) is 0. The Kier molecular flexibility index (Phi) is 2.03. The molecule has 0 aliphatic carbocycles. The second kappa shape index (κ2) is 2.62. The fraction of sp³-hybridized carbons (Fsp3) is 0.600. The summed E-state index contributed by atoms with van der Waals surface area (Å²) in [7, 11) is 0. The van der Waals surface area contributed by atoms with E-state index < -0.39 is 0 Å². The maximum Gasteiger partial charge on any atom is 0.135 e. The molecule has 0 saturated carbocycles. The summed E-state index contributed by atoms with van der Waals surface area (Å²) in [6.07, 6.45) is 0. The van der Waals surface area contributed by atoms with Crippen LogP contribution in [0.1, 0.15) is 22.3 Å². The minimum atomic E-state index is -0.00352. The quantitative estimate of drug-likeness (QED) is 0.592. The van der Waals surface area contributed by atoms with Gasteiger partial charge in [0.1, 0.15) is 10.0 Å². The average Bonchev–Trinajstić information content (AvgIpc) is 2.14. The van der Waals surface area contributed by atoms with Gasteiger partial charge in [-0.15, -0.1) is 33.1 Å². The molecule has 1 rings (SSSR count). The van der Waals surface area contributed by atoms with Crippen molar-refractivity contribution in [3.8, 4) is 0 Å². The van der Waals surface area contributed by atoms with Gasteiger partial charge in [0, 0.05) is 0 Å². The maximum atomic E-state index is 5.72. The lowest BCUT2D eigenvalue weighted by molar-refractivity contribution is 0.946. The molecule has 0 amide bonds. The fourth-order valence-corrected chi connectivity index (χ4v) is 1.28. The summed E-state index contributed by atoms with van der Waals surface area (Å²) in [5.41, 5.74) is 0. The first kappa shape index (κ1) is 6.96. The van der Waals surface area contributed by atoms with Crippen LogP contribution in [-0.2, 0) is 0 Å². The SMILES string of the molecule is Cc1nnc([C@@H](C)Cl)s1. The van der Waals surface area contributed by atoms with Gasteiger partial charge in [-0.1, -0.05) is 0 Å². The van der Waals surface area contributed by atoms with Crippen LogP contribution in [0.3, 0.4) is 0 Å². The maximum absolute atomic E-state index is 5.72. The van der Waals surface area contributed by atoms with E-state index >= 15 is 0 Å². The van der Waals surface area contributed by atoms with Gasteiger partial charge in [-0.05, 0) is 13.8 Å². The van der Waals surface area contributed by atoms with Crippen LogP contribution in [0.5, 0.6) is 0 Å². The number of hydrogen-bond acceptors (Lipinski definition) is 3. The lowest BCUT2D eigenvalue weighted by Crippen LogP contribution is -1.80. The summed E-state index contributed by atoms with van der Waals surface area (Å²) in [5.74, 6) is 0. The zero-order chi connectivity index (χ0) is 6.85. The van der Waals surface area contributed by atoms with Crippen molar-refractivity contribution in [1.29, 1.82) is 0 Å². The van der Waals surface area contributed by atoms with Gasteiger partial charge in [-0.3, -0.25) is 0 Å². The lowest BCUT2D eigenvalue weighted by atomic mass is 10.5. The Balaban J connectivity index is 2.85. The second-order valence-electron chi connectivity index (χ2n) is 1.78. The minimum Gasteiger partial charge on any atom is -0.144 e. The molecule has 0 bridgehead atoms. The Morgan fingerprint density at radius 1 is 1.56 bits per heavy atom. The van der Waals surface area contributed by atoms with Crippen LogP contribution in [-0.4, -0.2) is 10.2 Å². The number of aromatic nitrogens is 2. The Bertz CT molecular complexity index is 197. The molecule has 0 aliphatic rings. The highest BCUT2D eigenvalue weighted by atomic mass is 35.5. The van der Waals surface area contributed by atoms with Crippen LogP contribution >= 0.6 is 22.9 Å². The molecule has 0 aliphatic heterocycles.